The lowest BCUT2D eigenvalue weighted by molar-refractivity contribution is 0.0999. The Morgan fingerprint density at radius 1 is 1.57 bits per heavy atom. The summed E-state index contributed by atoms with van der Waals surface area (Å²) in [5.41, 5.74) is 11.5. The summed E-state index contributed by atoms with van der Waals surface area (Å²) in [6, 6.07) is 3.11. The van der Waals surface area contributed by atoms with Gasteiger partial charge in [0.25, 0.3) is 0 Å². The summed E-state index contributed by atoms with van der Waals surface area (Å²) in [6.45, 7) is 2.54. The molecule has 1 heterocycles. The number of aromatic nitrogens is 1. The summed E-state index contributed by atoms with van der Waals surface area (Å²) < 4.78 is 5.18. The molecule has 1 amide bonds. The Kier molecular flexibility index (Phi) is 3.41. The maximum absolute atomic E-state index is 10.9. The van der Waals surface area contributed by atoms with Crippen LogP contribution < -0.4 is 16.2 Å². The number of carbonyl (C=O) groups excluding carboxylic acids is 1. The van der Waals surface area contributed by atoms with Crippen LogP contribution in [0.15, 0.2) is 12.1 Å². The SMILES string of the molecule is Cc1cc(C(N)=O)cc(OCCN)n1. The van der Waals surface area contributed by atoms with E-state index < -0.39 is 5.91 Å². The van der Waals surface area contributed by atoms with Gasteiger partial charge in [0.1, 0.15) is 6.61 Å². The number of rotatable bonds is 4. The molecule has 1 aromatic heterocycles. The molecule has 0 aliphatic carbocycles. The predicted octanol–water partition coefficient (Wildman–Crippen LogP) is -0.174. The van der Waals surface area contributed by atoms with Crippen LogP contribution in [0.2, 0.25) is 0 Å². The number of primary amides is 1. The number of amides is 1. The number of nitrogens with two attached hydrogens (primary N) is 2. The summed E-state index contributed by atoms with van der Waals surface area (Å²) in [4.78, 5) is 15.0. The lowest BCUT2D eigenvalue weighted by atomic mass is 10.2. The van der Waals surface area contributed by atoms with E-state index in [4.69, 9.17) is 16.2 Å². The minimum atomic E-state index is -0.493. The van der Waals surface area contributed by atoms with E-state index in [0.717, 1.165) is 0 Å². The van der Waals surface area contributed by atoms with Gasteiger partial charge in [0.05, 0.1) is 0 Å². The maximum Gasteiger partial charge on any atom is 0.248 e. The smallest absolute Gasteiger partial charge is 0.248 e. The molecular weight excluding hydrogens is 182 g/mol. The van der Waals surface area contributed by atoms with Gasteiger partial charge in [-0.1, -0.05) is 0 Å². The molecule has 0 radical (unpaired) electrons. The zero-order chi connectivity index (χ0) is 10.6. The van der Waals surface area contributed by atoms with E-state index in [1.165, 1.54) is 6.07 Å². The highest BCUT2D eigenvalue weighted by atomic mass is 16.5. The van der Waals surface area contributed by atoms with E-state index in [1.807, 2.05) is 0 Å². The van der Waals surface area contributed by atoms with Gasteiger partial charge in [0.15, 0.2) is 0 Å². The predicted molar refractivity (Wildman–Crippen MR) is 52.0 cm³/mol. The average molecular weight is 195 g/mol. The first-order chi connectivity index (χ1) is 6.63. The van der Waals surface area contributed by atoms with Crippen molar-refractivity contribution in [3.8, 4) is 5.88 Å². The highest BCUT2D eigenvalue weighted by molar-refractivity contribution is 5.93. The molecule has 0 saturated heterocycles. The third-order valence-corrected chi connectivity index (χ3v) is 1.58. The van der Waals surface area contributed by atoms with E-state index in [9.17, 15) is 4.79 Å². The first kappa shape index (κ1) is 10.5. The third-order valence-electron chi connectivity index (χ3n) is 1.58. The minimum Gasteiger partial charge on any atom is -0.476 e. The third kappa shape index (κ3) is 2.70. The first-order valence-electron chi connectivity index (χ1n) is 4.25. The van der Waals surface area contributed by atoms with Gasteiger partial charge in [0, 0.05) is 23.9 Å². The standard InChI is InChI=1S/C9H13N3O2/c1-6-4-7(9(11)13)5-8(12-6)14-3-2-10/h4-5H,2-3,10H2,1H3,(H2,11,13). The number of hydrogen-bond donors (Lipinski definition) is 2. The minimum absolute atomic E-state index is 0.370. The van der Waals surface area contributed by atoms with Crippen LogP contribution in [0.3, 0.4) is 0 Å². The molecule has 76 valence electrons. The normalized spacial score (nSPS) is 9.86. The maximum atomic E-state index is 10.9. The van der Waals surface area contributed by atoms with Crippen molar-refractivity contribution < 1.29 is 9.53 Å². The topological polar surface area (TPSA) is 91.2 Å². The molecule has 0 bridgehead atoms. The van der Waals surface area contributed by atoms with Gasteiger partial charge in [-0.05, 0) is 13.0 Å². The van der Waals surface area contributed by atoms with Gasteiger partial charge in [0.2, 0.25) is 11.8 Å². The highest BCUT2D eigenvalue weighted by Crippen LogP contribution is 2.11. The van der Waals surface area contributed by atoms with Crippen molar-refractivity contribution in [1.82, 2.24) is 4.98 Å². The number of hydrogen-bond acceptors (Lipinski definition) is 4. The second-order valence-corrected chi connectivity index (χ2v) is 2.84. The molecule has 0 saturated carbocycles. The number of aryl methyl sites for hydroxylation is 1. The zero-order valence-electron chi connectivity index (χ0n) is 7.99. The number of ether oxygens (including phenoxy) is 1. The van der Waals surface area contributed by atoms with Crippen LogP contribution in [-0.2, 0) is 0 Å². The summed E-state index contributed by atoms with van der Waals surface area (Å²) in [5, 5.41) is 0. The quantitative estimate of drug-likeness (QED) is 0.697. The second-order valence-electron chi connectivity index (χ2n) is 2.84. The van der Waals surface area contributed by atoms with Crippen molar-refractivity contribution in [3.05, 3.63) is 23.4 Å². The fourth-order valence-corrected chi connectivity index (χ4v) is 1.02. The van der Waals surface area contributed by atoms with Crippen LogP contribution in [0.4, 0.5) is 0 Å². The van der Waals surface area contributed by atoms with Crippen LogP contribution >= 0.6 is 0 Å². The molecule has 1 rings (SSSR count). The molecule has 0 fully saturated rings. The van der Waals surface area contributed by atoms with Crippen molar-refractivity contribution in [2.24, 2.45) is 11.5 Å². The van der Waals surface area contributed by atoms with Crippen LogP contribution in [0.5, 0.6) is 5.88 Å². The van der Waals surface area contributed by atoms with E-state index in [2.05, 4.69) is 4.98 Å². The molecule has 5 nitrogen and oxygen atoms in total. The number of nitrogens with zero attached hydrogens (tertiary/aromatic N) is 1. The molecule has 0 spiro atoms. The van der Waals surface area contributed by atoms with Gasteiger partial charge >= 0.3 is 0 Å². The summed E-state index contributed by atoms with van der Waals surface area (Å²) in [5.74, 6) is -0.114. The Labute approximate surface area is 82.1 Å². The Balaban J connectivity index is 2.89. The molecule has 0 unspecified atom stereocenters. The van der Waals surface area contributed by atoms with Crippen molar-refractivity contribution in [2.45, 2.75) is 6.92 Å². The Morgan fingerprint density at radius 3 is 2.86 bits per heavy atom. The van der Waals surface area contributed by atoms with Gasteiger partial charge < -0.3 is 16.2 Å². The van der Waals surface area contributed by atoms with E-state index in [0.29, 0.717) is 30.3 Å². The van der Waals surface area contributed by atoms with Crippen LogP contribution in [0.1, 0.15) is 16.1 Å². The van der Waals surface area contributed by atoms with Gasteiger partial charge in [-0.2, -0.15) is 0 Å². The number of carbonyl (C=O) groups is 1. The molecule has 5 heteroatoms. The first-order valence-corrected chi connectivity index (χ1v) is 4.25. The van der Waals surface area contributed by atoms with Crippen LogP contribution in [0, 0.1) is 6.92 Å². The number of pyridine rings is 1. The lowest BCUT2D eigenvalue weighted by Gasteiger charge is -2.05. The van der Waals surface area contributed by atoms with Gasteiger partial charge in [-0.3, -0.25) is 4.79 Å². The summed E-state index contributed by atoms with van der Waals surface area (Å²) in [6.07, 6.45) is 0. The summed E-state index contributed by atoms with van der Waals surface area (Å²) in [7, 11) is 0. The van der Waals surface area contributed by atoms with Crippen LogP contribution in [-0.4, -0.2) is 24.0 Å². The van der Waals surface area contributed by atoms with Crippen molar-refractivity contribution in [1.29, 1.82) is 0 Å². The molecule has 1 aromatic rings. The second kappa shape index (κ2) is 4.57. The Hall–Kier alpha value is -1.62. The fraction of sp³-hybridized carbons (Fsp3) is 0.333. The average Bonchev–Trinajstić information content (AvgIpc) is 2.14. The molecule has 0 aromatic carbocycles. The largest absolute Gasteiger partial charge is 0.476 e. The molecular formula is C9H13N3O2. The molecule has 0 aliphatic rings. The summed E-state index contributed by atoms with van der Waals surface area (Å²) >= 11 is 0. The van der Waals surface area contributed by atoms with E-state index >= 15 is 0 Å². The fourth-order valence-electron chi connectivity index (χ4n) is 1.02. The highest BCUT2D eigenvalue weighted by Gasteiger charge is 2.05. The molecule has 0 aliphatic heterocycles. The Bertz CT molecular complexity index is 339. The van der Waals surface area contributed by atoms with Crippen LogP contribution in [0.25, 0.3) is 0 Å². The zero-order valence-corrected chi connectivity index (χ0v) is 7.99. The van der Waals surface area contributed by atoms with E-state index in [-0.39, 0.29) is 0 Å². The van der Waals surface area contributed by atoms with Crippen molar-refractivity contribution in [3.63, 3.8) is 0 Å². The lowest BCUT2D eigenvalue weighted by Crippen LogP contribution is -2.14. The van der Waals surface area contributed by atoms with Crippen molar-refractivity contribution >= 4 is 5.91 Å². The molecule has 0 atom stereocenters. The van der Waals surface area contributed by atoms with E-state index in [1.54, 1.807) is 13.0 Å². The molecule has 4 N–H and O–H groups in total. The van der Waals surface area contributed by atoms with Gasteiger partial charge in [-0.15, -0.1) is 0 Å². The Morgan fingerprint density at radius 2 is 2.29 bits per heavy atom. The molecule has 14 heavy (non-hydrogen) atoms. The monoisotopic (exact) mass is 195 g/mol. The van der Waals surface area contributed by atoms with Gasteiger partial charge in [-0.25, -0.2) is 4.98 Å². The van der Waals surface area contributed by atoms with Crippen molar-refractivity contribution in [2.75, 3.05) is 13.2 Å².